The highest BCUT2D eigenvalue weighted by molar-refractivity contribution is 7.89. The van der Waals surface area contributed by atoms with E-state index in [4.69, 9.17) is 0 Å². The van der Waals surface area contributed by atoms with E-state index in [1.165, 1.54) is 12.1 Å². The number of ether oxygens (including phenoxy) is 1. The molecule has 0 saturated carbocycles. The van der Waals surface area contributed by atoms with Crippen molar-refractivity contribution >= 4 is 15.9 Å². The van der Waals surface area contributed by atoms with Gasteiger partial charge in [0.1, 0.15) is 18.2 Å². The van der Waals surface area contributed by atoms with Gasteiger partial charge in [-0.25, -0.2) is 27.2 Å². The third-order valence-electron chi connectivity index (χ3n) is 5.55. The van der Waals surface area contributed by atoms with Crippen molar-refractivity contribution in [3.8, 4) is 17.0 Å². The Morgan fingerprint density at radius 3 is 2.49 bits per heavy atom. The Morgan fingerprint density at radius 1 is 1.08 bits per heavy atom. The highest BCUT2D eigenvalue weighted by Gasteiger charge is 2.39. The molecule has 1 atom stereocenters. The number of benzene rings is 2. The van der Waals surface area contributed by atoms with Gasteiger partial charge >= 0.3 is 6.36 Å². The van der Waals surface area contributed by atoms with Crippen LogP contribution in [0, 0.1) is 11.6 Å². The van der Waals surface area contributed by atoms with E-state index in [1.807, 2.05) is 0 Å². The molecule has 0 bridgehead atoms. The lowest BCUT2D eigenvalue weighted by Crippen LogP contribution is -2.45. The van der Waals surface area contributed by atoms with E-state index in [1.54, 1.807) is 0 Å². The van der Waals surface area contributed by atoms with Gasteiger partial charge in [0.15, 0.2) is 11.6 Å². The second-order valence-corrected chi connectivity index (χ2v) is 9.92. The Balaban J connectivity index is 1.44. The fourth-order valence-electron chi connectivity index (χ4n) is 3.85. The number of nitrogens with zero attached hydrogens (tertiary/aromatic N) is 3. The van der Waals surface area contributed by atoms with Crippen molar-refractivity contribution in [2.75, 3.05) is 6.54 Å². The van der Waals surface area contributed by atoms with Gasteiger partial charge < -0.3 is 10.1 Å². The zero-order chi connectivity index (χ0) is 26.8. The van der Waals surface area contributed by atoms with Crippen molar-refractivity contribution in [1.29, 1.82) is 0 Å². The van der Waals surface area contributed by atoms with Crippen LogP contribution in [0.25, 0.3) is 11.3 Å². The summed E-state index contributed by atoms with van der Waals surface area (Å²) >= 11 is 0. The van der Waals surface area contributed by atoms with Crippen LogP contribution in [0.5, 0.6) is 5.75 Å². The molecule has 2 aromatic carbocycles. The van der Waals surface area contributed by atoms with Crippen LogP contribution in [0.15, 0.2) is 59.8 Å². The predicted octanol–water partition coefficient (Wildman–Crippen LogP) is 3.79. The highest BCUT2D eigenvalue weighted by atomic mass is 32.2. The number of hydrogen-bond donors (Lipinski definition) is 1. The van der Waals surface area contributed by atoms with E-state index >= 15 is 0 Å². The van der Waals surface area contributed by atoms with E-state index in [0.717, 1.165) is 47.0 Å². The molecule has 8 nitrogen and oxygen atoms in total. The normalized spacial score (nSPS) is 16.5. The fourth-order valence-corrected chi connectivity index (χ4v) is 5.50. The van der Waals surface area contributed by atoms with Crippen LogP contribution in [-0.2, 0) is 21.4 Å². The Kier molecular flexibility index (Phi) is 7.41. The molecule has 0 aliphatic carbocycles. The van der Waals surface area contributed by atoms with Crippen LogP contribution in [0.2, 0.25) is 0 Å². The van der Waals surface area contributed by atoms with Crippen molar-refractivity contribution < 1.29 is 39.9 Å². The first-order valence-electron chi connectivity index (χ1n) is 10.9. The number of aromatic nitrogens is 2. The van der Waals surface area contributed by atoms with Crippen LogP contribution in [0.3, 0.4) is 0 Å². The maximum absolute atomic E-state index is 14.1. The predicted molar refractivity (Wildman–Crippen MR) is 119 cm³/mol. The fraction of sp³-hybridized carbons (Fsp3) is 0.261. The molecule has 0 radical (unpaired) electrons. The average Bonchev–Trinajstić information content (AvgIpc) is 3.35. The number of nitrogens with one attached hydrogen (secondary N) is 1. The number of carbonyl (C=O) groups excluding carboxylic acids is 1. The molecule has 3 aromatic rings. The number of hydrogen-bond acceptors (Lipinski definition) is 6. The zero-order valence-electron chi connectivity index (χ0n) is 18.9. The number of sulfonamides is 1. The summed E-state index contributed by atoms with van der Waals surface area (Å²) in [6.45, 7) is 0.00209. The SMILES string of the molecule is O=C(NCc1cc(-c2ccc(OC(F)(F)F)c(F)c2)ncn1)[C@@H]1CCCN1S(=O)(=O)c1ccc(F)cc1. The quantitative estimate of drug-likeness (QED) is 0.456. The first-order chi connectivity index (χ1) is 17.4. The summed E-state index contributed by atoms with van der Waals surface area (Å²) in [6.07, 6.45) is -3.17. The second kappa shape index (κ2) is 10.4. The molecular formula is C23H19F5N4O4S. The molecule has 1 aliphatic rings. The van der Waals surface area contributed by atoms with E-state index in [9.17, 15) is 35.2 Å². The number of alkyl halides is 3. The Labute approximate surface area is 208 Å². The smallest absolute Gasteiger partial charge is 0.403 e. The number of halogens is 5. The van der Waals surface area contributed by atoms with Crippen LogP contribution in [0.4, 0.5) is 22.0 Å². The second-order valence-electron chi connectivity index (χ2n) is 8.03. The largest absolute Gasteiger partial charge is 0.573 e. The Bertz CT molecular complexity index is 1400. The molecular weight excluding hydrogens is 523 g/mol. The van der Waals surface area contributed by atoms with Gasteiger partial charge in [-0.3, -0.25) is 4.79 Å². The summed E-state index contributed by atoms with van der Waals surface area (Å²) in [4.78, 5) is 20.7. The van der Waals surface area contributed by atoms with Crippen molar-refractivity contribution in [2.45, 2.75) is 36.7 Å². The molecule has 4 rings (SSSR count). The minimum atomic E-state index is -5.05. The van der Waals surface area contributed by atoms with Gasteiger partial charge in [-0.1, -0.05) is 0 Å². The third kappa shape index (κ3) is 6.20. The molecule has 1 amide bonds. The Morgan fingerprint density at radius 2 is 1.81 bits per heavy atom. The lowest BCUT2D eigenvalue weighted by molar-refractivity contribution is -0.275. The topological polar surface area (TPSA) is 101 Å². The minimum Gasteiger partial charge on any atom is -0.403 e. The van der Waals surface area contributed by atoms with Gasteiger partial charge in [-0.05, 0) is 61.4 Å². The number of rotatable bonds is 7. The highest BCUT2D eigenvalue weighted by Crippen LogP contribution is 2.29. The van der Waals surface area contributed by atoms with Gasteiger partial charge in [-0.2, -0.15) is 4.31 Å². The number of carbonyl (C=O) groups is 1. The first-order valence-corrected chi connectivity index (χ1v) is 12.3. The summed E-state index contributed by atoms with van der Waals surface area (Å²) < 4.78 is 94.9. The molecule has 196 valence electrons. The van der Waals surface area contributed by atoms with Crippen LogP contribution < -0.4 is 10.1 Å². The van der Waals surface area contributed by atoms with E-state index in [-0.39, 0.29) is 35.7 Å². The lowest BCUT2D eigenvalue weighted by atomic mass is 10.1. The summed E-state index contributed by atoms with van der Waals surface area (Å²) in [5.41, 5.74) is 0.618. The summed E-state index contributed by atoms with van der Waals surface area (Å²) in [5, 5.41) is 2.61. The van der Waals surface area contributed by atoms with Crippen molar-refractivity contribution in [3.05, 3.63) is 72.2 Å². The maximum atomic E-state index is 14.1. The molecule has 14 heteroatoms. The van der Waals surface area contributed by atoms with Crippen LogP contribution in [-0.4, -0.2) is 47.5 Å². The molecule has 37 heavy (non-hydrogen) atoms. The first kappa shape index (κ1) is 26.4. The summed E-state index contributed by atoms with van der Waals surface area (Å²) in [7, 11) is -4.03. The minimum absolute atomic E-state index is 0.118. The molecule has 0 spiro atoms. The standard InChI is InChI=1S/C23H19F5N4O4S/c24-15-4-6-17(7-5-15)37(34,35)32-9-1-2-20(32)22(33)29-12-16-11-19(31-13-30-16)14-3-8-21(18(25)10-14)36-23(26,27)28/h3-8,10-11,13,20H,1-2,9,12H2,(H,29,33)/t20-/m0/s1. The molecule has 0 unspecified atom stereocenters. The summed E-state index contributed by atoms with van der Waals surface area (Å²) in [6, 6.07) is 7.55. The lowest BCUT2D eigenvalue weighted by Gasteiger charge is -2.23. The Hall–Kier alpha value is -3.65. The van der Waals surface area contributed by atoms with E-state index < -0.39 is 45.7 Å². The van der Waals surface area contributed by atoms with Crippen molar-refractivity contribution in [2.24, 2.45) is 0 Å². The molecule has 2 heterocycles. The van der Waals surface area contributed by atoms with Crippen molar-refractivity contribution in [1.82, 2.24) is 19.6 Å². The summed E-state index contributed by atoms with van der Waals surface area (Å²) in [5.74, 6) is -3.39. The maximum Gasteiger partial charge on any atom is 0.573 e. The molecule has 1 aromatic heterocycles. The third-order valence-corrected chi connectivity index (χ3v) is 7.47. The van der Waals surface area contributed by atoms with Crippen LogP contribution >= 0.6 is 0 Å². The monoisotopic (exact) mass is 542 g/mol. The molecule has 1 aliphatic heterocycles. The van der Waals surface area contributed by atoms with Gasteiger partial charge in [0.2, 0.25) is 15.9 Å². The molecule has 1 N–H and O–H groups in total. The van der Waals surface area contributed by atoms with Gasteiger partial charge in [0.25, 0.3) is 0 Å². The van der Waals surface area contributed by atoms with Crippen molar-refractivity contribution in [3.63, 3.8) is 0 Å². The van der Waals surface area contributed by atoms with Gasteiger partial charge in [0, 0.05) is 12.1 Å². The van der Waals surface area contributed by atoms with Crippen LogP contribution in [0.1, 0.15) is 18.5 Å². The molecule has 1 fully saturated rings. The average molecular weight is 542 g/mol. The number of amides is 1. The zero-order valence-corrected chi connectivity index (χ0v) is 19.7. The van der Waals surface area contributed by atoms with Gasteiger partial charge in [0.05, 0.1) is 22.8 Å². The van der Waals surface area contributed by atoms with E-state index in [2.05, 4.69) is 20.0 Å². The van der Waals surface area contributed by atoms with E-state index in [0.29, 0.717) is 12.1 Å². The van der Waals surface area contributed by atoms with Gasteiger partial charge in [-0.15, -0.1) is 13.2 Å². The molecule has 1 saturated heterocycles.